The Morgan fingerprint density at radius 1 is 1.25 bits per heavy atom. The molecule has 40 valence electrons. The summed E-state index contributed by atoms with van der Waals surface area (Å²) < 4.78 is 0. The Morgan fingerprint density at radius 2 is 1.62 bits per heavy atom. The Bertz CT molecular complexity index is 135. The second kappa shape index (κ2) is 2.65. The van der Waals surface area contributed by atoms with Crippen molar-refractivity contribution >= 4 is 29.2 Å². The summed E-state index contributed by atoms with van der Waals surface area (Å²) in [6.07, 6.45) is 0. The first kappa shape index (κ1) is 7.40. The molecule has 5 heteroatoms. The van der Waals surface area contributed by atoms with Gasteiger partial charge in [-0.05, 0) is 5.47 Å². The average molecular weight is 108 g/mol. The van der Waals surface area contributed by atoms with Gasteiger partial charge in [-0.2, -0.15) is 0 Å². The van der Waals surface area contributed by atoms with Crippen LogP contribution in [0.25, 0.3) is 0 Å². The summed E-state index contributed by atoms with van der Waals surface area (Å²) in [6, 6.07) is 0. The van der Waals surface area contributed by atoms with Crippen LogP contribution in [-0.2, 0) is 4.79 Å². The summed E-state index contributed by atoms with van der Waals surface area (Å²) in [5.74, 6) is 0. The fraction of sp³-hybridized carbons (Fsp3) is 0. The highest BCUT2D eigenvalue weighted by molar-refractivity contribution is 6.69. The van der Waals surface area contributed by atoms with Crippen molar-refractivity contribution in [2.24, 2.45) is 0 Å². The first-order valence-electron chi connectivity index (χ1n) is 2.43. The maximum Gasteiger partial charge on any atom is 0.192 e. The van der Waals surface area contributed by atoms with Crippen molar-refractivity contribution in [3.63, 3.8) is 0 Å². The average Bonchev–Trinajstić information content (AvgIpc) is 1.64. The molecule has 0 radical (unpaired) electrons. The van der Waals surface area contributed by atoms with Crippen molar-refractivity contribution in [3.05, 3.63) is 11.1 Å². The van der Waals surface area contributed by atoms with E-state index in [4.69, 9.17) is 5.11 Å². The largest absolute Gasteiger partial charge is 0.524 e. The van der Waals surface area contributed by atoms with Gasteiger partial charge in [-0.1, -0.05) is 0 Å². The van der Waals surface area contributed by atoms with Crippen molar-refractivity contribution in [3.8, 4) is 0 Å². The van der Waals surface area contributed by atoms with Crippen LogP contribution in [0.1, 0.15) is 0 Å². The van der Waals surface area contributed by atoms with Gasteiger partial charge in [0, 0.05) is 5.66 Å². The lowest BCUT2D eigenvalue weighted by Crippen LogP contribution is -2.04. The molecule has 0 heterocycles. The standard InChI is InChI=1S/C3H7B3O2/c4-1(2(5)7)3(6)8/h7H,4-6H2/b2-1+. The maximum atomic E-state index is 10.4. The second-order valence-electron chi connectivity index (χ2n) is 1.77. The van der Waals surface area contributed by atoms with Crippen LogP contribution in [0, 0.1) is 0 Å². The highest BCUT2D eigenvalue weighted by atomic mass is 16.3. The summed E-state index contributed by atoms with van der Waals surface area (Å²) in [6.45, 7) is 0. The van der Waals surface area contributed by atoms with Crippen LogP contribution in [0.5, 0.6) is 0 Å². The van der Waals surface area contributed by atoms with E-state index in [-0.39, 0.29) is 11.3 Å². The summed E-state index contributed by atoms with van der Waals surface area (Å²) in [5.41, 5.74) is 0.465. The third-order valence-electron chi connectivity index (χ3n) is 1.07. The van der Waals surface area contributed by atoms with Gasteiger partial charge < -0.3 is 9.90 Å². The zero-order chi connectivity index (χ0) is 6.73. The van der Waals surface area contributed by atoms with Crippen LogP contribution in [0.3, 0.4) is 0 Å². The first-order valence-corrected chi connectivity index (χ1v) is 2.43. The molecule has 0 aromatic carbocycles. The van der Waals surface area contributed by atoms with Gasteiger partial charge in [0.05, 0.1) is 0 Å². The van der Waals surface area contributed by atoms with Crippen molar-refractivity contribution in [2.75, 3.05) is 0 Å². The molecule has 0 aromatic heterocycles. The second-order valence-corrected chi connectivity index (χ2v) is 1.77. The monoisotopic (exact) mass is 108 g/mol. The fourth-order valence-corrected chi connectivity index (χ4v) is 0.255. The number of allylic oxidation sites excluding steroid dienone is 1. The predicted octanol–water partition coefficient (Wildman–Crippen LogP) is -2.86. The number of hydrogen-bond acceptors (Lipinski definition) is 2. The maximum absolute atomic E-state index is 10.4. The van der Waals surface area contributed by atoms with E-state index in [1.54, 1.807) is 7.85 Å². The Labute approximate surface area is 51.2 Å². The highest BCUT2D eigenvalue weighted by Crippen LogP contribution is 1.89. The number of aliphatic hydroxyl groups is 1. The summed E-state index contributed by atoms with van der Waals surface area (Å²) in [7, 11) is 4.52. The van der Waals surface area contributed by atoms with Gasteiger partial charge in [-0.25, -0.2) is 0 Å². The van der Waals surface area contributed by atoms with Crippen molar-refractivity contribution < 1.29 is 9.90 Å². The molecule has 0 saturated heterocycles. The molecule has 0 fully saturated rings. The number of hydrogen-bond donors (Lipinski definition) is 1. The van der Waals surface area contributed by atoms with Crippen LogP contribution >= 0.6 is 0 Å². The number of aliphatic hydroxyl groups excluding tert-OH is 1. The minimum absolute atomic E-state index is 0.0787. The predicted molar refractivity (Wildman–Crippen MR) is 40.3 cm³/mol. The lowest BCUT2D eigenvalue weighted by atomic mass is 9.77. The SMILES string of the molecule is BC(=O)/C(B)=C(/B)O. The number of rotatable bonds is 1. The van der Waals surface area contributed by atoms with E-state index in [1.165, 1.54) is 15.7 Å². The molecule has 0 rings (SSSR count). The molecule has 0 amide bonds. The lowest BCUT2D eigenvalue weighted by molar-refractivity contribution is -0.108. The van der Waals surface area contributed by atoms with E-state index in [0.717, 1.165) is 0 Å². The molecule has 0 saturated carbocycles. The van der Waals surface area contributed by atoms with Crippen molar-refractivity contribution in [1.82, 2.24) is 0 Å². The molecule has 0 aliphatic rings. The van der Waals surface area contributed by atoms with Gasteiger partial charge in [0.1, 0.15) is 13.5 Å². The quantitative estimate of drug-likeness (QED) is 0.222. The molecule has 0 spiro atoms. The molecule has 1 N–H and O–H groups in total. The van der Waals surface area contributed by atoms with Crippen LogP contribution in [0.4, 0.5) is 0 Å². The van der Waals surface area contributed by atoms with Gasteiger partial charge in [-0.15, -0.1) is 0 Å². The van der Waals surface area contributed by atoms with E-state index in [1.807, 2.05) is 0 Å². The number of carbonyl (C=O) groups is 1. The fourth-order valence-electron chi connectivity index (χ4n) is 0.255. The lowest BCUT2D eigenvalue weighted by Gasteiger charge is -1.93. The van der Waals surface area contributed by atoms with E-state index in [0.29, 0.717) is 5.47 Å². The molecule has 0 unspecified atom stereocenters. The molecule has 8 heavy (non-hydrogen) atoms. The molecule has 2 nitrogen and oxygen atoms in total. The molecular formula is C3H7B3O2. The van der Waals surface area contributed by atoms with Crippen molar-refractivity contribution in [1.29, 1.82) is 0 Å². The first-order chi connectivity index (χ1) is 3.55. The van der Waals surface area contributed by atoms with Crippen molar-refractivity contribution in [2.45, 2.75) is 0 Å². The molecule has 0 aliphatic heterocycles. The Balaban J connectivity index is 4.23. The molecule has 0 bridgehead atoms. The zero-order valence-corrected chi connectivity index (χ0v) is 5.36. The summed E-state index contributed by atoms with van der Waals surface area (Å²) in [5, 5.41) is 8.65. The normalized spacial score (nSPS) is 12.5. The Morgan fingerprint density at radius 3 is 1.62 bits per heavy atom. The Hall–Kier alpha value is -0.595. The van der Waals surface area contributed by atoms with Gasteiger partial charge in [0.15, 0.2) is 15.7 Å². The van der Waals surface area contributed by atoms with Gasteiger partial charge >= 0.3 is 0 Å². The van der Waals surface area contributed by atoms with Crippen LogP contribution in [0.15, 0.2) is 11.1 Å². The van der Waals surface area contributed by atoms with E-state index in [9.17, 15) is 4.79 Å². The van der Waals surface area contributed by atoms with Gasteiger partial charge in [-0.3, -0.25) is 0 Å². The smallest absolute Gasteiger partial charge is 0.192 e. The van der Waals surface area contributed by atoms with E-state index >= 15 is 0 Å². The molecule has 0 aromatic rings. The summed E-state index contributed by atoms with van der Waals surface area (Å²) >= 11 is 0. The van der Waals surface area contributed by atoms with Crippen LogP contribution in [0.2, 0.25) is 0 Å². The third-order valence-corrected chi connectivity index (χ3v) is 1.07. The van der Waals surface area contributed by atoms with Gasteiger partial charge in [0.25, 0.3) is 0 Å². The van der Waals surface area contributed by atoms with E-state index in [2.05, 4.69) is 0 Å². The summed E-state index contributed by atoms with van der Waals surface area (Å²) in [4.78, 5) is 10.4. The zero-order valence-electron chi connectivity index (χ0n) is 5.36. The Kier molecular flexibility index (Phi) is 2.45. The minimum atomic E-state index is -0.0787. The highest BCUT2D eigenvalue weighted by Gasteiger charge is 1.97. The topological polar surface area (TPSA) is 37.3 Å². The third kappa shape index (κ3) is 1.91. The molecular weight excluding hydrogens is 100 g/mol. The van der Waals surface area contributed by atoms with E-state index < -0.39 is 0 Å². The molecule has 0 aliphatic carbocycles. The van der Waals surface area contributed by atoms with Gasteiger partial charge in [0.2, 0.25) is 0 Å². The molecule has 0 atom stereocenters. The number of carbonyl (C=O) groups excluding carboxylic acids is 1. The van der Waals surface area contributed by atoms with Crippen LogP contribution < -0.4 is 0 Å². The van der Waals surface area contributed by atoms with Crippen LogP contribution in [-0.4, -0.2) is 34.3 Å². The minimum Gasteiger partial charge on any atom is -0.524 e.